The zero-order chi connectivity index (χ0) is 14.5. The number of ether oxygens (including phenoxy) is 1. The molecule has 1 N–H and O–H groups in total. The van der Waals surface area contributed by atoms with Gasteiger partial charge in [0.1, 0.15) is 12.4 Å². The van der Waals surface area contributed by atoms with Crippen LogP contribution in [-0.4, -0.2) is 13.2 Å². The molecule has 1 aliphatic carbocycles. The van der Waals surface area contributed by atoms with Gasteiger partial charge in [-0.2, -0.15) is 0 Å². The molecule has 1 atom stereocenters. The van der Waals surface area contributed by atoms with Crippen molar-refractivity contribution in [2.45, 2.75) is 25.8 Å². The van der Waals surface area contributed by atoms with Crippen molar-refractivity contribution in [2.24, 2.45) is 5.92 Å². The molecule has 0 heterocycles. The van der Waals surface area contributed by atoms with Gasteiger partial charge in [-0.15, -0.1) is 0 Å². The minimum absolute atomic E-state index is 0.479. The number of rotatable bonds is 7. The van der Waals surface area contributed by atoms with Crippen LogP contribution in [0.4, 0.5) is 0 Å². The van der Waals surface area contributed by atoms with Crippen LogP contribution in [0.15, 0.2) is 54.6 Å². The van der Waals surface area contributed by atoms with Gasteiger partial charge in [0, 0.05) is 12.6 Å². The first-order valence-electron chi connectivity index (χ1n) is 7.81. The SMILES string of the molecule is Cc1cccc(OCCNC(c2ccccc2)C2CC2)c1. The largest absolute Gasteiger partial charge is 0.492 e. The highest BCUT2D eigenvalue weighted by Crippen LogP contribution is 2.40. The number of nitrogens with one attached hydrogen (secondary N) is 1. The zero-order valence-corrected chi connectivity index (χ0v) is 12.6. The van der Waals surface area contributed by atoms with Crippen LogP contribution in [0.5, 0.6) is 5.75 Å². The average molecular weight is 281 g/mol. The van der Waals surface area contributed by atoms with Gasteiger partial charge in [0.25, 0.3) is 0 Å². The molecule has 0 radical (unpaired) electrons. The van der Waals surface area contributed by atoms with Gasteiger partial charge in [-0.3, -0.25) is 0 Å². The lowest BCUT2D eigenvalue weighted by atomic mass is 10.0. The van der Waals surface area contributed by atoms with E-state index in [1.165, 1.54) is 24.0 Å². The van der Waals surface area contributed by atoms with Gasteiger partial charge in [0.05, 0.1) is 0 Å². The highest BCUT2D eigenvalue weighted by molar-refractivity contribution is 5.27. The molecule has 1 saturated carbocycles. The Bertz CT molecular complexity index is 563. The summed E-state index contributed by atoms with van der Waals surface area (Å²) in [7, 11) is 0. The second-order valence-corrected chi connectivity index (χ2v) is 5.84. The lowest BCUT2D eigenvalue weighted by Crippen LogP contribution is -2.27. The molecule has 0 bridgehead atoms. The van der Waals surface area contributed by atoms with Crippen molar-refractivity contribution in [1.29, 1.82) is 0 Å². The van der Waals surface area contributed by atoms with Crippen molar-refractivity contribution >= 4 is 0 Å². The fourth-order valence-corrected chi connectivity index (χ4v) is 2.74. The Morgan fingerprint density at radius 2 is 1.90 bits per heavy atom. The Balaban J connectivity index is 1.49. The van der Waals surface area contributed by atoms with Crippen molar-refractivity contribution in [3.8, 4) is 5.75 Å². The van der Waals surface area contributed by atoms with E-state index in [0.29, 0.717) is 12.6 Å². The maximum atomic E-state index is 5.81. The van der Waals surface area contributed by atoms with Crippen molar-refractivity contribution < 1.29 is 4.74 Å². The van der Waals surface area contributed by atoms with E-state index < -0.39 is 0 Å². The first kappa shape index (κ1) is 14.2. The summed E-state index contributed by atoms with van der Waals surface area (Å²) in [5, 5.41) is 3.66. The van der Waals surface area contributed by atoms with E-state index >= 15 is 0 Å². The van der Waals surface area contributed by atoms with Crippen molar-refractivity contribution in [2.75, 3.05) is 13.2 Å². The lowest BCUT2D eigenvalue weighted by Gasteiger charge is -2.19. The topological polar surface area (TPSA) is 21.3 Å². The van der Waals surface area contributed by atoms with Gasteiger partial charge in [0.2, 0.25) is 0 Å². The van der Waals surface area contributed by atoms with E-state index in [-0.39, 0.29) is 0 Å². The van der Waals surface area contributed by atoms with Crippen LogP contribution in [0.3, 0.4) is 0 Å². The third-order valence-electron chi connectivity index (χ3n) is 3.98. The molecule has 1 aliphatic rings. The van der Waals surface area contributed by atoms with Gasteiger partial charge in [-0.25, -0.2) is 0 Å². The molecular formula is C19H23NO. The molecule has 0 aromatic heterocycles. The monoisotopic (exact) mass is 281 g/mol. The molecule has 0 aliphatic heterocycles. The number of hydrogen-bond acceptors (Lipinski definition) is 2. The van der Waals surface area contributed by atoms with E-state index in [4.69, 9.17) is 4.74 Å². The Labute approximate surface area is 127 Å². The second-order valence-electron chi connectivity index (χ2n) is 5.84. The number of benzene rings is 2. The van der Waals surface area contributed by atoms with E-state index in [1.807, 2.05) is 12.1 Å². The maximum absolute atomic E-state index is 5.81. The molecule has 2 aromatic rings. The predicted octanol–water partition coefficient (Wildman–Crippen LogP) is 4.11. The lowest BCUT2D eigenvalue weighted by molar-refractivity contribution is 0.301. The number of aryl methyl sites for hydroxylation is 1. The molecule has 0 spiro atoms. The van der Waals surface area contributed by atoms with Gasteiger partial charge >= 0.3 is 0 Å². The maximum Gasteiger partial charge on any atom is 0.119 e. The van der Waals surface area contributed by atoms with E-state index in [2.05, 4.69) is 54.7 Å². The Kier molecular flexibility index (Phi) is 4.56. The molecule has 2 aromatic carbocycles. The van der Waals surface area contributed by atoms with Crippen LogP contribution in [0.25, 0.3) is 0 Å². The molecule has 2 heteroatoms. The third kappa shape index (κ3) is 4.08. The first-order valence-corrected chi connectivity index (χ1v) is 7.81. The van der Waals surface area contributed by atoms with Crippen molar-refractivity contribution in [1.82, 2.24) is 5.32 Å². The molecule has 1 fully saturated rings. The molecule has 0 amide bonds. The molecule has 0 saturated heterocycles. The summed E-state index contributed by atoms with van der Waals surface area (Å²) < 4.78 is 5.81. The minimum Gasteiger partial charge on any atom is -0.492 e. The highest BCUT2D eigenvalue weighted by atomic mass is 16.5. The highest BCUT2D eigenvalue weighted by Gasteiger charge is 2.31. The third-order valence-corrected chi connectivity index (χ3v) is 3.98. The van der Waals surface area contributed by atoms with E-state index in [0.717, 1.165) is 18.2 Å². The van der Waals surface area contributed by atoms with Gasteiger partial charge in [-0.1, -0.05) is 42.5 Å². The van der Waals surface area contributed by atoms with Gasteiger partial charge < -0.3 is 10.1 Å². The fraction of sp³-hybridized carbons (Fsp3) is 0.368. The van der Waals surface area contributed by atoms with Crippen LogP contribution >= 0.6 is 0 Å². The fourth-order valence-electron chi connectivity index (χ4n) is 2.74. The first-order chi connectivity index (χ1) is 10.3. The van der Waals surface area contributed by atoms with Crippen LogP contribution in [0.1, 0.15) is 30.0 Å². The summed E-state index contributed by atoms with van der Waals surface area (Å²) in [6.07, 6.45) is 2.68. The minimum atomic E-state index is 0.479. The van der Waals surface area contributed by atoms with Crippen LogP contribution in [0.2, 0.25) is 0 Å². The van der Waals surface area contributed by atoms with Gasteiger partial charge in [-0.05, 0) is 48.9 Å². The van der Waals surface area contributed by atoms with Crippen LogP contribution < -0.4 is 10.1 Å². The standard InChI is InChI=1S/C19H23NO/c1-15-6-5-9-18(14-15)21-13-12-20-19(17-10-11-17)16-7-3-2-4-8-16/h2-9,14,17,19-20H,10-13H2,1H3. The number of hydrogen-bond donors (Lipinski definition) is 1. The van der Waals surface area contributed by atoms with Crippen molar-refractivity contribution in [3.05, 3.63) is 65.7 Å². The predicted molar refractivity (Wildman–Crippen MR) is 86.6 cm³/mol. The summed E-state index contributed by atoms with van der Waals surface area (Å²) in [6, 6.07) is 19.5. The molecule has 1 unspecified atom stereocenters. The van der Waals surface area contributed by atoms with E-state index in [9.17, 15) is 0 Å². The normalized spacial score (nSPS) is 15.7. The Morgan fingerprint density at radius 1 is 1.10 bits per heavy atom. The molecule has 110 valence electrons. The quantitative estimate of drug-likeness (QED) is 0.771. The van der Waals surface area contributed by atoms with Crippen molar-refractivity contribution in [3.63, 3.8) is 0 Å². The average Bonchev–Trinajstić information content (AvgIpc) is 3.33. The summed E-state index contributed by atoms with van der Waals surface area (Å²) in [4.78, 5) is 0. The van der Waals surface area contributed by atoms with Crippen LogP contribution in [0, 0.1) is 12.8 Å². The zero-order valence-electron chi connectivity index (χ0n) is 12.6. The molecular weight excluding hydrogens is 258 g/mol. The van der Waals surface area contributed by atoms with E-state index in [1.54, 1.807) is 0 Å². The van der Waals surface area contributed by atoms with Crippen LogP contribution in [-0.2, 0) is 0 Å². The Hall–Kier alpha value is -1.80. The Morgan fingerprint density at radius 3 is 2.62 bits per heavy atom. The van der Waals surface area contributed by atoms with Gasteiger partial charge in [0.15, 0.2) is 0 Å². The summed E-state index contributed by atoms with van der Waals surface area (Å²) in [5.74, 6) is 1.76. The smallest absolute Gasteiger partial charge is 0.119 e. The molecule has 2 nitrogen and oxygen atoms in total. The summed E-state index contributed by atoms with van der Waals surface area (Å²) >= 11 is 0. The molecule has 3 rings (SSSR count). The second kappa shape index (κ2) is 6.77. The molecule has 21 heavy (non-hydrogen) atoms. The summed E-state index contributed by atoms with van der Waals surface area (Å²) in [5.41, 5.74) is 2.64. The summed E-state index contributed by atoms with van der Waals surface area (Å²) in [6.45, 7) is 3.67.